The molecule has 0 spiro atoms. The standard InChI is InChI=1S/C7H6Cl2O3S.C6H6O3S2/c8-7(9)5-1-3-6(4-2-5)13(10,11)12;7-11(8,9)6-3-1-5(10)2-4-6/h1-4,7H,(H,10,11,12);1-4,10H,(H,7,8,9). The van der Waals surface area contributed by atoms with E-state index in [4.69, 9.17) is 32.3 Å². The van der Waals surface area contributed by atoms with Crippen LogP contribution in [0.25, 0.3) is 0 Å². The molecule has 0 aliphatic heterocycles. The zero-order chi connectivity index (χ0) is 18.5. The second-order valence-corrected chi connectivity index (χ2v) is 8.77. The second kappa shape index (κ2) is 8.52. The van der Waals surface area contributed by atoms with Crippen LogP contribution in [0.5, 0.6) is 0 Å². The van der Waals surface area contributed by atoms with Crippen LogP contribution < -0.4 is 0 Å². The molecule has 24 heavy (non-hydrogen) atoms. The first-order chi connectivity index (χ1) is 10.9. The minimum absolute atomic E-state index is 0.115. The van der Waals surface area contributed by atoms with Crippen molar-refractivity contribution in [3.63, 3.8) is 0 Å². The fourth-order valence-corrected chi connectivity index (χ4v) is 2.80. The SMILES string of the molecule is O=S(=O)(O)c1ccc(C(Cl)Cl)cc1.O=S(=O)(O)c1ccc(S)cc1. The Balaban J connectivity index is 0.000000243. The number of hydrogen-bond acceptors (Lipinski definition) is 5. The van der Waals surface area contributed by atoms with Gasteiger partial charge >= 0.3 is 0 Å². The molecule has 0 saturated heterocycles. The topological polar surface area (TPSA) is 109 Å². The Morgan fingerprint density at radius 3 is 1.38 bits per heavy atom. The molecule has 0 amide bonds. The number of rotatable bonds is 3. The van der Waals surface area contributed by atoms with Crippen molar-refractivity contribution in [1.82, 2.24) is 0 Å². The first-order valence-electron chi connectivity index (χ1n) is 6.03. The van der Waals surface area contributed by atoms with Gasteiger partial charge in [0.1, 0.15) is 4.84 Å². The van der Waals surface area contributed by atoms with E-state index in [-0.39, 0.29) is 9.79 Å². The van der Waals surface area contributed by atoms with Gasteiger partial charge in [-0.1, -0.05) is 12.1 Å². The molecule has 0 saturated carbocycles. The molecule has 11 heteroatoms. The lowest BCUT2D eigenvalue weighted by atomic mass is 10.2. The Kier molecular flexibility index (Phi) is 7.54. The van der Waals surface area contributed by atoms with E-state index in [0.717, 1.165) is 0 Å². The van der Waals surface area contributed by atoms with Gasteiger partial charge in [-0.2, -0.15) is 16.8 Å². The Morgan fingerprint density at radius 1 is 0.750 bits per heavy atom. The van der Waals surface area contributed by atoms with Gasteiger partial charge in [-0.3, -0.25) is 9.11 Å². The summed E-state index contributed by atoms with van der Waals surface area (Å²) < 4.78 is 59.3. The van der Waals surface area contributed by atoms with Crippen molar-refractivity contribution < 1.29 is 25.9 Å². The monoisotopic (exact) mass is 430 g/mol. The average molecular weight is 431 g/mol. The summed E-state index contributed by atoms with van der Waals surface area (Å²) in [5.74, 6) is 0. The van der Waals surface area contributed by atoms with Gasteiger partial charge in [-0.05, 0) is 42.0 Å². The highest BCUT2D eigenvalue weighted by Gasteiger charge is 2.10. The van der Waals surface area contributed by atoms with Crippen molar-refractivity contribution >= 4 is 56.1 Å². The molecule has 0 fully saturated rings. The Hall–Kier alpha value is -0.810. The van der Waals surface area contributed by atoms with Crippen LogP contribution in [0.2, 0.25) is 0 Å². The Labute approximate surface area is 155 Å². The maximum atomic E-state index is 10.6. The third-order valence-corrected chi connectivity index (χ3v) is 5.10. The molecule has 2 aromatic carbocycles. The first-order valence-corrected chi connectivity index (χ1v) is 10.2. The highest BCUT2D eigenvalue weighted by molar-refractivity contribution is 7.86. The summed E-state index contributed by atoms with van der Waals surface area (Å²) in [5, 5.41) is 0. The van der Waals surface area contributed by atoms with E-state index in [2.05, 4.69) is 12.6 Å². The number of halogens is 2. The van der Waals surface area contributed by atoms with Crippen LogP contribution in [-0.4, -0.2) is 25.9 Å². The van der Waals surface area contributed by atoms with Crippen molar-refractivity contribution in [3.8, 4) is 0 Å². The second-order valence-electron chi connectivity index (χ2n) is 4.31. The van der Waals surface area contributed by atoms with Crippen LogP contribution in [0, 0.1) is 0 Å². The predicted molar refractivity (Wildman–Crippen MR) is 94.2 cm³/mol. The quantitative estimate of drug-likeness (QED) is 0.389. The zero-order valence-electron chi connectivity index (χ0n) is 11.7. The zero-order valence-corrected chi connectivity index (χ0v) is 15.8. The number of thiol groups is 1. The molecule has 0 atom stereocenters. The molecular weight excluding hydrogens is 419 g/mol. The molecule has 0 aromatic heterocycles. The van der Waals surface area contributed by atoms with E-state index in [1.165, 1.54) is 48.5 Å². The van der Waals surface area contributed by atoms with E-state index in [0.29, 0.717) is 10.5 Å². The summed E-state index contributed by atoms with van der Waals surface area (Å²) in [6, 6.07) is 10.9. The van der Waals surface area contributed by atoms with E-state index >= 15 is 0 Å². The number of hydrogen-bond donors (Lipinski definition) is 3. The maximum absolute atomic E-state index is 10.6. The molecule has 0 heterocycles. The van der Waals surface area contributed by atoms with Gasteiger partial charge in [-0.15, -0.1) is 35.8 Å². The van der Waals surface area contributed by atoms with Crippen molar-refractivity contribution in [1.29, 1.82) is 0 Å². The molecule has 132 valence electrons. The van der Waals surface area contributed by atoms with Gasteiger partial charge in [0.2, 0.25) is 0 Å². The third-order valence-electron chi connectivity index (χ3n) is 2.56. The van der Waals surface area contributed by atoms with Crippen LogP contribution in [0.1, 0.15) is 10.4 Å². The largest absolute Gasteiger partial charge is 0.294 e. The first kappa shape index (κ1) is 21.2. The van der Waals surface area contributed by atoms with Gasteiger partial charge in [0.15, 0.2) is 0 Å². The van der Waals surface area contributed by atoms with Crippen molar-refractivity contribution in [2.75, 3.05) is 0 Å². The van der Waals surface area contributed by atoms with Crippen LogP contribution in [0.15, 0.2) is 63.2 Å². The van der Waals surface area contributed by atoms with E-state index < -0.39 is 25.1 Å². The lowest BCUT2D eigenvalue weighted by Gasteiger charge is -2.01. The summed E-state index contributed by atoms with van der Waals surface area (Å²) in [7, 11) is -8.18. The smallest absolute Gasteiger partial charge is 0.282 e. The lowest BCUT2D eigenvalue weighted by Crippen LogP contribution is -1.97. The predicted octanol–water partition coefficient (Wildman–Crippen LogP) is 3.63. The van der Waals surface area contributed by atoms with Crippen LogP contribution in [0.4, 0.5) is 0 Å². The molecule has 0 bridgehead atoms. The molecular formula is C13H12Cl2O6S3. The van der Waals surface area contributed by atoms with Gasteiger partial charge in [0.05, 0.1) is 9.79 Å². The lowest BCUT2D eigenvalue weighted by molar-refractivity contribution is 0.481. The molecule has 0 unspecified atom stereocenters. The maximum Gasteiger partial charge on any atom is 0.294 e. The Morgan fingerprint density at radius 2 is 1.08 bits per heavy atom. The summed E-state index contributed by atoms with van der Waals surface area (Å²) in [4.78, 5) is -0.339. The fourth-order valence-electron chi connectivity index (χ4n) is 1.40. The van der Waals surface area contributed by atoms with E-state index in [1.807, 2.05) is 0 Å². The van der Waals surface area contributed by atoms with Gasteiger partial charge < -0.3 is 0 Å². The molecule has 0 aliphatic carbocycles. The van der Waals surface area contributed by atoms with Gasteiger partial charge in [0, 0.05) is 4.90 Å². The van der Waals surface area contributed by atoms with Crippen LogP contribution in [0.3, 0.4) is 0 Å². The minimum Gasteiger partial charge on any atom is -0.282 e. The number of alkyl halides is 2. The molecule has 2 aromatic rings. The fraction of sp³-hybridized carbons (Fsp3) is 0.0769. The molecule has 2 rings (SSSR count). The van der Waals surface area contributed by atoms with Crippen LogP contribution >= 0.6 is 35.8 Å². The van der Waals surface area contributed by atoms with E-state index in [1.54, 1.807) is 0 Å². The van der Waals surface area contributed by atoms with Crippen molar-refractivity contribution in [3.05, 3.63) is 54.1 Å². The Bertz CT molecular complexity index is 876. The molecule has 0 aliphatic rings. The summed E-state index contributed by atoms with van der Waals surface area (Å²) in [6.45, 7) is 0. The average Bonchev–Trinajstić information content (AvgIpc) is 2.46. The molecule has 6 nitrogen and oxygen atoms in total. The summed E-state index contributed by atoms with van der Waals surface area (Å²) >= 11 is 15.0. The minimum atomic E-state index is -4.13. The molecule has 2 N–H and O–H groups in total. The summed E-state index contributed by atoms with van der Waals surface area (Å²) in [5.41, 5.74) is 0.579. The van der Waals surface area contributed by atoms with Crippen LogP contribution in [-0.2, 0) is 20.2 Å². The van der Waals surface area contributed by atoms with Crippen molar-refractivity contribution in [2.45, 2.75) is 19.5 Å². The third kappa shape index (κ3) is 6.98. The highest BCUT2D eigenvalue weighted by atomic mass is 35.5. The summed E-state index contributed by atoms with van der Waals surface area (Å²) in [6.07, 6.45) is 0. The van der Waals surface area contributed by atoms with Gasteiger partial charge in [0.25, 0.3) is 20.2 Å². The van der Waals surface area contributed by atoms with Crippen molar-refractivity contribution in [2.24, 2.45) is 0 Å². The number of benzene rings is 2. The highest BCUT2D eigenvalue weighted by Crippen LogP contribution is 2.25. The van der Waals surface area contributed by atoms with Gasteiger partial charge in [-0.25, -0.2) is 0 Å². The van der Waals surface area contributed by atoms with E-state index in [9.17, 15) is 16.8 Å². The molecule has 0 radical (unpaired) electrons. The normalized spacial score (nSPS) is 11.8.